The van der Waals surface area contributed by atoms with Gasteiger partial charge in [-0.3, -0.25) is 0 Å². The lowest BCUT2D eigenvalue weighted by atomic mass is 10.0. The van der Waals surface area contributed by atoms with E-state index in [1.807, 2.05) is 30.3 Å². The van der Waals surface area contributed by atoms with Crippen LogP contribution in [0, 0.1) is 17.1 Å². The third-order valence-corrected chi connectivity index (χ3v) is 3.59. The first-order valence-corrected chi connectivity index (χ1v) is 6.85. The van der Waals surface area contributed by atoms with Crippen LogP contribution in [0.5, 0.6) is 0 Å². The van der Waals surface area contributed by atoms with Gasteiger partial charge in [-0.2, -0.15) is 5.26 Å². The Morgan fingerprint density at radius 3 is 2.61 bits per heavy atom. The van der Waals surface area contributed by atoms with E-state index >= 15 is 0 Å². The summed E-state index contributed by atoms with van der Waals surface area (Å²) in [5.41, 5.74) is 3.10. The molecule has 0 unspecified atom stereocenters. The highest BCUT2D eigenvalue weighted by atomic mass is 19.1. The van der Waals surface area contributed by atoms with Gasteiger partial charge in [0.2, 0.25) is 0 Å². The molecule has 5 nitrogen and oxygen atoms in total. The van der Waals surface area contributed by atoms with Crippen molar-refractivity contribution in [1.29, 1.82) is 5.26 Å². The minimum Gasteiger partial charge on any atom is -0.454 e. The lowest BCUT2D eigenvalue weighted by Crippen LogP contribution is -1.78. The number of nitrogens with one attached hydrogen (secondary N) is 1. The first-order valence-electron chi connectivity index (χ1n) is 6.85. The van der Waals surface area contributed by atoms with E-state index in [4.69, 9.17) is 9.68 Å². The number of fused-ring (bicyclic) bond motifs is 1. The molecule has 0 saturated heterocycles. The van der Waals surface area contributed by atoms with Crippen molar-refractivity contribution in [1.82, 2.24) is 15.4 Å². The number of aromatic amines is 1. The lowest BCUT2D eigenvalue weighted by molar-refractivity contribution is 0.628. The van der Waals surface area contributed by atoms with Gasteiger partial charge >= 0.3 is 0 Å². The van der Waals surface area contributed by atoms with Gasteiger partial charge in [-0.1, -0.05) is 29.5 Å². The number of halogens is 1. The van der Waals surface area contributed by atoms with Crippen LogP contribution in [0.15, 0.2) is 52.9 Å². The van der Waals surface area contributed by atoms with E-state index in [1.54, 1.807) is 12.1 Å². The normalized spacial score (nSPS) is 10.8. The average Bonchev–Trinajstić information content (AvgIpc) is 3.20. The largest absolute Gasteiger partial charge is 0.454 e. The quantitative estimate of drug-likeness (QED) is 0.609. The smallest absolute Gasteiger partial charge is 0.167 e. The van der Waals surface area contributed by atoms with Crippen molar-refractivity contribution < 1.29 is 8.81 Å². The SMILES string of the molecule is N#Cc1[nH]nnc1-c1cc2ccc(-c3ccc(F)cc3)cc2o1. The molecule has 2 heterocycles. The molecule has 0 fully saturated rings. The molecule has 0 aliphatic heterocycles. The van der Waals surface area contributed by atoms with Crippen molar-refractivity contribution in [2.75, 3.05) is 0 Å². The van der Waals surface area contributed by atoms with Gasteiger partial charge in [-0.25, -0.2) is 9.49 Å². The Morgan fingerprint density at radius 2 is 1.83 bits per heavy atom. The molecular weight excluding hydrogens is 295 g/mol. The number of nitrogens with zero attached hydrogens (tertiary/aromatic N) is 3. The van der Waals surface area contributed by atoms with Gasteiger partial charge in [0, 0.05) is 5.39 Å². The summed E-state index contributed by atoms with van der Waals surface area (Å²) in [4.78, 5) is 0. The van der Waals surface area contributed by atoms with E-state index in [2.05, 4.69) is 15.4 Å². The van der Waals surface area contributed by atoms with Crippen LogP contribution in [0.25, 0.3) is 33.6 Å². The number of aromatic nitrogens is 3. The van der Waals surface area contributed by atoms with Crippen molar-refractivity contribution in [2.24, 2.45) is 0 Å². The number of hydrogen-bond donors (Lipinski definition) is 1. The summed E-state index contributed by atoms with van der Waals surface area (Å²) in [6, 6.07) is 15.8. The first kappa shape index (κ1) is 13.2. The molecule has 4 aromatic rings. The zero-order valence-corrected chi connectivity index (χ0v) is 11.7. The Hall–Kier alpha value is -3.46. The van der Waals surface area contributed by atoms with Crippen molar-refractivity contribution >= 4 is 11.0 Å². The maximum absolute atomic E-state index is 13.0. The average molecular weight is 304 g/mol. The molecule has 0 amide bonds. The fourth-order valence-corrected chi connectivity index (χ4v) is 2.45. The predicted molar refractivity (Wildman–Crippen MR) is 81.7 cm³/mol. The minimum atomic E-state index is -0.273. The number of hydrogen-bond acceptors (Lipinski definition) is 4. The summed E-state index contributed by atoms with van der Waals surface area (Å²) in [5.74, 6) is 0.201. The van der Waals surface area contributed by atoms with Crippen LogP contribution in [-0.2, 0) is 0 Å². The fourth-order valence-electron chi connectivity index (χ4n) is 2.45. The number of benzene rings is 2. The molecule has 0 atom stereocenters. The molecule has 4 rings (SSSR count). The van der Waals surface area contributed by atoms with E-state index in [1.165, 1.54) is 12.1 Å². The van der Waals surface area contributed by atoms with Crippen LogP contribution in [0.3, 0.4) is 0 Å². The molecule has 2 aromatic heterocycles. The van der Waals surface area contributed by atoms with Gasteiger partial charge in [0.25, 0.3) is 0 Å². The van der Waals surface area contributed by atoms with Crippen molar-refractivity contribution in [2.45, 2.75) is 0 Å². The zero-order valence-electron chi connectivity index (χ0n) is 11.7. The van der Waals surface area contributed by atoms with Gasteiger partial charge in [0.05, 0.1) is 0 Å². The second-order valence-electron chi connectivity index (χ2n) is 5.02. The third kappa shape index (κ3) is 2.24. The summed E-state index contributed by atoms with van der Waals surface area (Å²) >= 11 is 0. The van der Waals surface area contributed by atoms with Gasteiger partial charge in [-0.15, -0.1) is 5.10 Å². The second kappa shape index (κ2) is 5.07. The molecule has 0 spiro atoms. The van der Waals surface area contributed by atoms with Gasteiger partial charge in [-0.05, 0) is 35.4 Å². The molecule has 0 saturated carbocycles. The third-order valence-electron chi connectivity index (χ3n) is 3.59. The van der Waals surface area contributed by atoms with Crippen LogP contribution in [0.4, 0.5) is 4.39 Å². The van der Waals surface area contributed by atoms with Crippen LogP contribution in [-0.4, -0.2) is 15.4 Å². The lowest BCUT2D eigenvalue weighted by Gasteiger charge is -2.01. The maximum Gasteiger partial charge on any atom is 0.167 e. The highest BCUT2D eigenvalue weighted by molar-refractivity contribution is 5.86. The molecule has 0 radical (unpaired) electrons. The van der Waals surface area contributed by atoms with Crippen LogP contribution >= 0.6 is 0 Å². The first-order chi connectivity index (χ1) is 11.2. The topological polar surface area (TPSA) is 78.5 Å². The van der Waals surface area contributed by atoms with E-state index in [0.717, 1.165) is 16.5 Å². The molecule has 1 N–H and O–H groups in total. The van der Waals surface area contributed by atoms with E-state index in [-0.39, 0.29) is 11.5 Å². The van der Waals surface area contributed by atoms with Crippen molar-refractivity contribution in [3.63, 3.8) is 0 Å². The Labute approximate surface area is 130 Å². The van der Waals surface area contributed by atoms with Gasteiger partial charge < -0.3 is 4.42 Å². The van der Waals surface area contributed by atoms with Crippen molar-refractivity contribution in [3.8, 4) is 28.7 Å². The Balaban J connectivity index is 1.81. The highest BCUT2D eigenvalue weighted by Crippen LogP contribution is 2.31. The number of furan rings is 1. The Kier molecular flexibility index (Phi) is 2.91. The van der Waals surface area contributed by atoms with Crippen LogP contribution in [0.1, 0.15) is 5.69 Å². The summed E-state index contributed by atoms with van der Waals surface area (Å²) in [6.07, 6.45) is 0. The Bertz CT molecular complexity index is 1040. The molecule has 0 bridgehead atoms. The monoisotopic (exact) mass is 304 g/mol. The molecule has 110 valence electrons. The van der Waals surface area contributed by atoms with E-state index in [9.17, 15) is 4.39 Å². The summed E-state index contributed by atoms with van der Waals surface area (Å²) < 4.78 is 18.8. The highest BCUT2D eigenvalue weighted by Gasteiger charge is 2.14. The standard InChI is InChI=1S/C17H9FN4O/c18-13-5-3-10(4-6-13)11-1-2-12-8-16(23-15(12)7-11)17-14(9-19)20-22-21-17/h1-8H,(H,20,21,22). The molecule has 23 heavy (non-hydrogen) atoms. The molecule has 6 heteroatoms. The number of rotatable bonds is 2. The number of H-pyrrole nitrogens is 1. The van der Waals surface area contributed by atoms with Gasteiger partial charge in [0.15, 0.2) is 17.1 Å². The second-order valence-corrected chi connectivity index (χ2v) is 5.02. The Morgan fingerprint density at radius 1 is 1.04 bits per heavy atom. The van der Waals surface area contributed by atoms with E-state index in [0.29, 0.717) is 17.0 Å². The molecule has 2 aromatic carbocycles. The molecular formula is C17H9FN4O. The molecule has 0 aliphatic carbocycles. The van der Waals surface area contributed by atoms with Crippen LogP contribution in [0.2, 0.25) is 0 Å². The minimum absolute atomic E-state index is 0.253. The van der Waals surface area contributed by atoms with Gasteiger partial charge in [0.1, 0.15) is 17.5 Å². The summed E-state index contributed by atoms with van der Waals surface area (Å²) in [6.45, 7) is 0. The van der Waals surface area contributed by atoms with Crippen molar-refractivity contribution in [3.05, 3.63) is 60.0 Å². The summed E-state index contributed by atoms with van der Waals surface area (Å²) in [7, 11) is 0. The number of nitriles is 1. The maximum atomic E-state index is 13.0. The predicted octanol–water partition coefficient (Wildman–Crippen LogP) is 3.90. The molecule has 0 aliphatic rings. The zero-order chi connectivity index (χ0) is 15.8. The summed E-state index contributed by atoms with van der Waals surface area (Å²) in [5, 5.41) is 19.9. The fraction of sp³-hybridized carbons (Fsp3) is 0. The van der Waals surface area contributed by atoms with Crippen LogP contribution < -0.4 is 0 Å². The van der Waals surface area contributed by atoms with E-state index < -0.39 is 0 Å².